The molecular formula is C26H53N7O7. The number of hydrogen-bond donors (Lipinski definition) is 5. The SMILES string of the molecule is C/C(C=NCCNC(=O)CCC(C(=O)O)N1CCN(CC(=O)O)CCN(CC(=O)O)CC1)=N/N.CC.CC.CC. The molecule has 1 unspecified atom stereocenters. The Morgan fingerprint density at radius 1 is 0.850 bits per heavy atom. The molecule has 0 radical (unpaired) electrons. The smallest absolute Gasteiger partial charge is 0.320 e. The van der Waals surface area contributed by atoms with Gasteiger partial charge in [0.25, 0.3) is 0 Å². The van der Waals surface area contributed by atoms with Gasteiger partial charge in [0.1, 0.15) is 6.04 Å². The third kappa shape index (κ3) is 21.8. The van der Waals surface area contributed by atoms with E-state index in [0.717, 1.165) is 0 Å². The molecule has 1 aliphatic rings. The second kappa shape index (κ2) is 27.5. The summed E-state index contributed by atoms with van der Waals surface area (Å²) in [4.78, 5) is 55.5. The van der Waals surface area contributed by atoms with Gasteiger partial charge in [0, 0.05) is 58.4 Å². The largest absolute Gasteiger partial charge is 0.480 e. The number of hydrogen-bond acceptors (Lipinski definition) is 10. The predicted octanol–water partition coefficient (Wildman–Crippen LogP) is 0.909. The van der Waals surface area contributed by atoms with Gasteiger partial charge < -0.3 is 26.5 Å². The van der Waals surface area contributed by atoms with Gasteiger partial charge in [0.05, 0.1) is 25.3 Å². The number of amides is 1. The Hall–Kier alpha value is -3.10. The fraction of sp³-hybridized carbons (Fsp3) is 0.769. The van der Waals surface area contributed by atoms with E-state index in [1.807, 2.05) is 41.5 Å². The Morgan fingerprint density at radius 3 is 1.70 bits per heavy atom. The molecule has 14 nitrogen and oxygen atoms in total. The summed E-state index contributed by atoms with van der Waals surface area (Å²) in [6, 6.07) is -0.969. The average molecular weight is 576 g/mol. The van der Waals surface area contributed by atoms with Crippen molar-refractivity contribution < 1.29 is 34.5 Å². The first-order valence-electron chi connectivity index (χ1n) is 14.0. The molecule has 1 aliphatic heterocycles. The quantitative estimate of drug-likeness (QED) is 0.0904. The van der Waals surface area contributed by atoms with Gasteiger partial charge in [0.2, 0.25) is 5.91 Å². The van der Waals surface area contributed by atoms with Crippen molar-refractivity contribution >= 4 is 35.7 Å². The number of carboxylic acids is 3. The highest BCUT2D eigenvalue weighted by Crippen LogP contribution is 2.11. The van der Waals surface area contributed by atoms with Crippen molar-refractivity contribution in [2.75, 3.05) is 65.4 Å². The van der Waals surface area contributed by atoms with Gasteiger partial charge in [-0.05, 0) is 13.3 Å². The van der Waals surface area contributed by atoms with E-state index in [4.69, 9.17) is 16.1 Å². The van der Waals surface area contributed by atoms with Crippen molar-refractivity contribution in [1.82, 2.24) is 20.0 Å². The molecule has 40 heavy (non-hydrogen) atoms. The maximum atomic E-state index is 12.2. The summed E-state index contributed by atoms with van der Waals surface area (Å²) < 4.78 is 0. The van der Waals surface area contributed by atoms with Crippen LogP contribution in [-0.4, -0.2) is 137 Å². The molecule has 1 atom stereocenters. The summed E-state index contributed by atoms with van der Waals surface area (Å²) in [5, 5.41) is 34.2. The molecule has 1 heterocycles. The third-order valence-corrected chi connectivity index (χ3v) is 5.27. The van der Waals surface area contributed by atoms with Gasteiger partial charge in [0.15, 0.2) is 0 Å². The highest BCUT2D eigenvalue weighted by Gasteiger charge is 2.28. The summed E-state index contributed by atoms with van der Waals surface area (Å²) in [6.45, 7) is 15.7. The van der Waals surface area contributed by atoms with E-state index in [9.17, 15) is 24.3 Å². The second-order valence-corrected chi connectivity index (χ2v) is 7.92. The van der Waals surface area contributed by atoms with Gasteiger partial charge in [-0.2, -0.15) is 5.10 Å². The van der Waals surface area contributed by atoms with Gasteiger partial charge >= 0.3 is 17.9 Å². The van der Waals surface area contributed by atoms with Gasteiger partial charge in [-0.25, -0.2) is 0 Å². The van der Waals surface area contributed by atoms with Crippen LogP contribution < -0.4 is 11.2 Å². The summed E-state index contributed by atoms with van der Waals surface area (Å²) in [7, 11) is 0. The number of carbonyl (C=O) groups is 4. The van der Waals surface area contributed by atoms with Crippen LogP contribution in [0.4, 0.5) is 0 Å². The topological polar surface area (TPSA) is 201 Å². The van der Waals surface area contributed by atoms with E-state index in [1.165, 1.54) is 6.21 Å². The fourth-order valence-corrected chi connectivity index (χ4v) is 3.48. The van der Waals surface area contributed by atoms with Crippen LogP contribution in [0.25, 0.3) is 0 Å². The van der Waals surface area contributed by atoms with Crippen molar-refractivity contribution in [3.05, 3.63) is 0 Å². The molecule has 0 aromatic heterocycles. The van der Waals surface area contributed by atoms with E-state index < -0.39 is 23.9 Å². The number of carbonyl (C=O) groups excluding carboxylic acids is 1. The highest BCUT2D eigenvalue weighted by molar-refractivity contribution is 6.29. The zero-order valence-electron chi connectivity index (χ0n) is 25.4. The Bertz CT molecular complexity index is 736. The molecule has 14 heteroatoms. The molecule has 0 aromatic carbocycles. The van der Waals surface area contributed by atoms with E-state index in [1.54, 1.807) is 21.6 Å². The van der Waals surface area contributed by atoms with Crippen LogP contribution in [0, 0.1) is 0 Å². The van der Waals surface area contributed by atoms with Crippen molar-refractivity contribution in [2.45, 2.75) is 67.3 Å². The number of carboxylic acid groups (broad SMARTS) is 3. The number of nitrogens with two attached hydrogens (primary N) is 1. The standard InChI is InChI=1S/C20H35N7O7.3C2H6/c1-15(24-21)12-22-4-5-23-17(28)3-2-16(20(33)34)27-10-8-25(13-18(29)30)6-7-26(9-11-27)14-19(31)32;3*1-2/h12,16H,2-11,13-14,21H2,1H3,(H,23,28)(H,29,30)(H,31,32)(H,33,34);3*1-2H3/b22-12?,24-15-;;;. The molecule has 1 rings (SSSR count). The van der Waals surface area contributed by atoms with E-state index >= 15 is 0 Å². The third-order valence-electron chi connectivity index (χ3n) is 5.27. The van der Waals surface area contributed by atoms with Crippen LogP contribution in [-0.2, 0) is 19.2 Å². The normalized spacial score (nSPS) is 15.8. The number of aliphatic carboxylic acids is 3. The zero-order chi connectivity index (χ0) is 31.5. The van der Waals surface area contributed by atoms with Crippen LogP contribution in [0.2, 0.25) is 0 Å². The minimum absolute atomic E-state index is 0.0157. The Labute approximate surface area is 239 Å². The van der Waals surface area contributed by atoms with E-state index in [-0.39, 0.29) is 51.5 Å². The Balaban J connectivity index is -0.00000213. The zero-order valence-corrected chi connectivity index (χ0v) is 25.4. The maximum Gasteiger partial charge on any atom is 0.320 e. The lowest BCUT2D eigenvalue weighted by atomic mass is 10.1. The van der Waals surface area contributed by atoms with Gasteiger partial charge in [-0.15, -0.1) is 0 Å². The van der Waals surface area contributed by atoms with Crippen LogP contribution >= 0.6 is 0 Å². The van der Waals surface area contributed by atoms with E-state index in [0.29, 0.717) is 38.4 Å². The number of nitrogens with one attached hydrogen (secondary N) is 1. The molecule has 0 saturated carbocycles. The average Bonchev–Trinajstić information content (AvgIpc) is 3.02. The van der Waals surface area contributed by atoms with Crippen molar-refractivity contribution in [3.8, 4) is 0 Å². The molecule has 0 aliphatic carbocycles. The summed E-state index contributed by atoms with van der Waals surface area (Å²) in [5.74, 6) is 1.65. The molecule has 1 saturated heterocycles. The van der Waals surface area contributed by atoms with E-state index in [2.05, 4.69) is 15.4 Å². The first-order chi connectivity index (χ1) is 19.1. The minimum Gasteiger partial charge on any atom is -0.480 e. The molecule has 0 aromatic rings. The highest BCUT2D eigenvalue weighted by atomic mass is 16.4. The summed E-state index contributed by atoms with van der Waals surface area (Å²) in [5.41, 5.74) is 0.545. The molecule has 1 amide bonds. The lowest BCUT2D eigenvalue weighted by Gasteiger charge is -2.30. The lowest BCUT2D eigenvalue weighted by Crippen LogP contribution is -2.47. The van der Waals surface area contributed by atoms with Gasteiger partial charge in [-0.3, -0.25) is 38.9 Å². The molecule has 0 bridgehead atoms. The first kappa shape index (κ1) is 41.4. The predicted molar refractivity (Wildman–Crippen MR) is 158 cm³/mol. The van der Waals surface area contributed by atoms with Crippen molar-refractivity contribution in [3.63, 3.8) is 0 Å². The second-order valence-electron chi connectivity index (χ2n) is 7.92. The van der Waals surface area contributed by atoms with Crippen LogP contribution in [0.15, 0.2) is 10.1 Å². The molecule has 6 N–H and O–H groups in total. The molecule has 1 fully saturated rings. The number of hydrazone groups is 1. The van der Waals surface area contributed by atoms with Crippen LogP contribution in [0.3, 0.4) is 0 Å². The van der Waals surface area contributed by atoms with Crippen LogP contribution in [0.1, 0.15) is 61.3 Å². The number of nitrogens with zero attached hydrogens (tertiary/aromatic N) is 5. The van der Waals surface area contributed by atoms with Crippen LogP contribution in [0.5, 0.6) is 0 Å². The van der Waals surface area contributed by atoms with Gasteiger partial charge in [-0.1, -0.05) is 41.5 Å². The first-order valence-corrected chi connectivity index (χ1v) is 14.0. The fourth-order valence-electron chi connectivity index (χ4n) is 3.48. The number of aliphatic imine (C=N–C) groups is 1. The molecular weight excluding hydrogens is 522 g/mol. The monoisotopic (exact) mass is 575 g/mol. The van der Waals surface area contributed by atoms with Crippen molar-refractivity contribution in [1.29, 1.82) is 0 Å². The summed E-state index contributed by atoms with van der Waals surface area (Å²) in [6.07, 6.45) is 1.53. The lowest BCUT2D eigenvalue weighted by molar-refractivity contribution is -0.144. The Morgan fingerprint density at radius 2 is 1.30 bits per heavy atom. The number of rotatable bonds is 13. The van der Waals surface area contributed by atoms with Crippen molar-refractivity contribution in [2.24, 2.45) is 15.9 Å². The molecule has 0 spiro atoms. The maximum absolute atomic E-state index is 12.2. The molecule has 234 valence electrons. The minimum atomic E-state index is -1.09. The Kier molecular flexibility index (Phi) is 28.4. The summed E-state index contributed by atoms with van der Waals surface area (Å²) >= 11 is 0.